The largest absolute Gasteiger partial charge is 0.390 e. The first-order valence-corrected chi connectivity index (χ1v) is 4.55. The van der Waals surface area contributed by atoms with Crippen LogP contribution in [-0.4, -0.2) is 15.1 Å². The average Bonchev–Trinajstić information content (AvgIpc) is 2.75. The van der Waals surface area contributed by atoms with Gasteiger partial charge >= 0.3 is 0 Å². The molecule has 0 saturated heterocycles. The first-order chi connectivity index (χ1) is 5.90. The van der Waals surface area contributed by atoms with Gasteiger partial charge in [-0.05, 0) is 12.8 Å². The van der Waals surface area contributed by atoms with E-state index in [1.165, 1.54) is 25.7 Å². The zero-order valence-electron chi connectivity index (χ0n) is 7.08. The molecule has 12 heavy (non-hydrogen) atoms. The molecule has 0 radical (unpaired) electrons. The minimum atomic E-state index is 0.0692. The summed E-state index contributed by atoms with van der Waals surface area (Å²) in [5.41, 5.74) is 0.830. The van der Waals surface area contributed by atoms with E-state index in [0.717, 1.165) is 11.5 Å². The molecule has 1 saturated carbocycles. The van der Waals surface area contributed by atoms with Gasteiger partial charge in [-0.1, -0.05) is 12.8 Å². The van der Waals surface area contributed by atoms with E-state index in [1.807, 2.05) is 0 Å². The van der Waals surface area contributed by atoms with Crippen molar-refractivity contribution in [2.45, 2.75) is 38.2 Å². The Kier molecular flexibility index (Phi) is 2.13. The Hall–Kier alpha value is -0.830. The van der Waals surface area contributed by atoms with Gasteiger partial charge in [-0.15, -0.1) is 0 Å². The number of rotatable bonds is 2. The summed E-state index contributed by atoms with van der Waals surface area (Å²) in [5, 5.41) is 8.82. The standard InChI is InChI=1S/C9H14N2O/c12-6-8-5-10-9(11-8)7-3-1-2-4-7/h5,7,12H,1-4,6H2,(H,10,11). The first kappa shape index (κ1) is 7.80. The number of aromatic nitrogens is 2. The van der Waals surface area contributed by atoms with Gasteiger partial charge in [0.1, 0.15) is 5.82 Å². The number of aromatic amines is 1. The Balaban J connectivity index is 2.11. The Bertz CT molecular complexity index is 251. The SMILES string of the molecule is OCc1cnc(C2CCCC2)[nH]1. The maximum atomic E-state index is 8.82. The van der Waals surface area contributed by atoms with E-state index in [4.69, 9.17) is 5.11 Å². The van der Waals surface area contributed by atoms with Gasteiger partial charge in [-0.3, -0.25) is 0 Å². The summed E-state index contributed by atoms with van der Waals surface area (Å²) in [6, 6.07) is 0. The molecule has 66 valence electrons. The molecule has 3 nitrogen and oxygen atoms in total. The first-order valence-electron chi connectivity index (χ1n) is 4.55. The second kappa shape index (κ2) is 3.27. The van der Waals surface area contributed by atoms with Crippen molar-refractivity contribution in [2.75, 3.05) is 0 Å². The molecule has 0 aliphatic heterocycles. The molecule has 0 aromatic carbocycles. The number of hydrogen-bond acceptors (Lipinski definition) is 2. The molecule has 2 N–H and O–H groups in total. The molecule has 2 rings (SSSR count). The lowest BCUT2D eigenvalue weighted by Gasteiger charge is -2.02. The second-order valence-electron chi connectivity index (χ2n) is 3.43. The van der Waals surface area contributed by atoms with Gasteiger partial charge in [0.25, 0.3) is 0 Å². The van der Waals surface area contributed by atoms with E-state index in [0.29, 0.717) is 5.92 Å². The van der Waals surface area contributed by atoms with Gasteiger partial charge in [0.15, 0.2) is 0 Å². The number of hydrogen-bond donors (Lipinski definition) is 2. The highest BCUT2D eigenvalue weighted by Gasteiger charge is 2.19. The zero-order valence-corrected chi connectivity index (χ0v) is 7.08. The van der Waals surface area contributed by atoms with Crippen molar-refractivity contribution in [3.8, 4) is 0 Å². The predicted octanol–water partition coefficient (Wildman–Crippen LogP) is 1.56. The topological polar surface area (TPSA) is 48.9 Å². The monoisotopic (exact) mass is 166 g/mol. The minimum absolute atomic E-state index is 0.0692. The lowest BCUT2D eigenvalue weighted by molar-refractivity contribution is 0.277. The van der Waals surface area contributed by atoms with E-state index in [2.05, 4.69) is 9.97 Å². The quantitative estimate of drug-likeness (QED) is 0.700. The number of aliphatic hydroxyl groups excluding tert-OH is 1. The molecule has 0 unspecified atom stereocenters. The zero-order chi connectivity index (χ0) is 8.39. The number of nitrogens with zero attached hydrogens (tertiary/aromatic N) is 1. The molecule has 1 aliphatic carbocycles. The molecule has 1 fully saturated rings. The van der Waals surface area contributed by atoms with Crippen LogP contribution in [0.4, 0.5) is 0 Å². The lowest BCUT2D eigenvalue weighted by atomic mass is 10.1. The third-order valence-corrected chi connectivity index (χ3v) is 2.56. The van der Waals surface area contributed by atoms with Gasteiger partial charge in [-0.25, -0.2) is 4.98 Å². The number of H-pyrrole nitrogens is 1. The maximum Gasteiger partial charge on any atom is 0.109 e. The van der Waals surface area contributed by atoms with Crippen molar-refractivity contribution in [3.63, 3.8) is 0 Å². The molecular formula is C9H14N2O. The van der Waals surface area contributed by atoms with Crippen LogP contribution in [0.1, 0.15) is 43.1 Å². The highest BCUT2D eigenvalue weighted by Crippen LogP contribution is 2.32. The van der Waals surface area contributed by atoms with Gasteiger partial charge in [0.2, 0.25) is 0 Å². The van der Waals surface area contributed by atoms with Crippen molar-refractivity contribution in [1.82, 2.24) is 9.97 Å². The minimum Gasteiger partial charge on any atom is -0.390 e. The maximum absolute atomic E-state index is 8.82. The third kappa shape index (κ3) is 1.37. The van der Waals surface area contributed by atoms with Crippen LogP contribution < -0.4 is 0 Å². The summed E-state index contributed by atoms with van der Waals surface area (Å²) in [6.45, 7) is 0.0692. The van der Waals surface area contributed by atoms with E-state index in [9.17, 15) is 0 Å². The summed E-state index contributed by atoms with van der Waals surface area (Å²) in [4.78, 5) is 7.40. The number of imidazole rings is 1. The molecular weight excluding hydrogens is 152 g/mol. The van der Waals surface area contributed by atoms with Gasteiger partial charge in [0.05, 0.1) is 18.5 Å². The van der Waals surface area contributed by atoms with Gasteiger partial charge in [0, 0.05) is 5.92 Å². The predicted molar refractivity (Wildman–Crippen MR) is 45.7 cm³/mol. The van der Waals surface area contributed by atoms with E-state index in [-0.39, 0.29) is 6.61 Å². The summed E-state index contributed by atoms with van der Waals surface area (Å²) in [5.74, 6) is 1.68. The summed E-state index contributed by atoms with van der Waals surface area (Å²) in [6.07, 6.45) is 6.87. The molecule has 0 bridgehead atoms. The van der Waals surface area contributed by atoms with Gasteiger partial charge in [-0.2, -0.15) is 0 Å². The molecule has 3 heteroatoms. The van der Waals surface area contributed by atoms with Crippen LogP contribution >= 0.6 is 0 Å². The third-order valence-electron chi connectivity index (χ3n) is 2.56. The van der Waals surface area contributed by atoms with Crippen LogP contribution in [0, 0.1) is 0 Å². The molecule has 0 amide bonds. The van der Waals surface area contributed by atoms with Crippen molar-refractivity contribution in [3.05, 3.63) is 17.7 Å². The van der Waals surface area contributed by atoms with Crippen LogP contribution in [0.5, 0.6) is 0 Å². The molecule has 1 aromatic rings. The van der Waals surface area contributed by atoms with Crippen LogP contribution in [0.3, 0.4) is 0 Å². The Morgan fingerprint density at radius 1 is 1.50 bits per heavy atom. The molecule has 0 spiro atoms. The van der Waals surface area contributed by atoms with Crippen molar-refractivity contribution < 1.29 is 5.11 Å². The van der Waals surface area contributed by atoms with E-state index >= 15 is 0 Å². The Morgan fingerprint density at radius 2 is 2.25 bits per heavy atom. The fourth-order valence-corrected chi connectivity index (χ4v) is 1.86. The number of aliphatic hydroxyl groups is 1. The summed E-state index contributed by atoms with van der Waals surface area (Å²) in [7, 11) is 0. The van der Waals surface area contributed by atoms with Gasteiger partial charge < -0.3 is 10.1 Å². The van der Waals surface area contributed by atoms with Crippen LogP contribution in [-0.2, 0) is 6.61 Å². The second-order valence-corrected chi connectivity index (χ2v) is 3.43. The smallest absolute Gasteiger partial charge is 0.109 e. The molecule has 1 heterocycles. The molecule has 1 aliphatic rings. The fraction of sp³-hybridized carbons (Fsp3) is 0.667. The molecule has 1 aromatic heterocycles. The van der Waals surface area contributed by atoms with Crippen LogP contribution in [0.15, 0.2) is 6.20 Å². The number of nitrogens with one attached hydrogen (secondary N) is 1. The average molecular weight is 166 g/mol. The normalized spacial score (nSPS) is 18.8. The molecule has 0 atom stereocenters. The van der Waals surface area contributed by atoms with Crippen molar-refractivity contribution in [2.24, 2.45) is 0 Å². The Morgan fingerprint density at radius 3 is 2.83 bits per heavy atom. The van der Waals surface area contributed by atoms with Crippen LogP contribution in [0.25, 0.3) is 0 Å². The summed E-state index contributed by atoms with van der Waals surface area (Å²) >= 11 is 0. The van der Waals surface area contributed by atoms with E-state index in [1.54, 1.807) is 6.20 Å². The van der Waals surface area contributed by atoms with Crippen molar-refractivity contribution in [1.29, 1.82) is 0 Å². The lowest BCUT2D eigenvalue weighted by Crippen LogP contribution is -1.95. The highest BCUT2D eigenvalue weighted by molar-refractivity contribution is 5.05. The fourth-order valence-electron chi connectivity index (χ4n) is 1.86. The Labute approximate surface area is 71.8 Å². The van der Waals surface area contributed by atoms with Crippen molar-refractivity contribution >= 4 is 0 Å². The summed E-state index contributed by atoms with van der Waals surface area (Å²) < 4.78 is 0. The van der Waals surface area contributed by atoms with Crippen LogP contribution in [0.2, 0.25) is 0 Å². The van der Waals surface area contributed by atoms with E-state index < -0.39 is 0 Å². The highest BCUT2D eigenvalue weighted by atomic mass is 16.3.